The molecule has 7 heteroatoms. The maximum absolute atomic E-state index is 12.0. The van der Waals surface area contributed by atoms with E-state index in [1.807, 2.05) is 0 Å². The number of nitrogens with one attached hydrogen (secondary N) is 1. The number of hydrazine groups is 1. The zero-order chi connectivity index (χ0) is 16.1. The SMILES string of the molecule is CC(S)CN(NC(=O)OC(C)(C)C)C(=O)OC(C)(C)C. The molecule has 0 aliphatic rings. The van der Waals surface area contributed by atoms with Crippen molar-refractivity contribution < 1.29 is 19.1 Å². The molecule has 0 bridgehead atoms. The van der Waals surface area contributed by atoms with E-state index in [-0.39, 0.29) is 11.8 Å². The molecule has 0 aromatic carbocycles. The molecule has 1 N–H and O–H groups in total. The van der Waals surface area contributed by atoms with Gasteiger partial charge in [-0.25, -0.2) is 20.0 Å². The molecule has 0 spiro atoms. The molecule has 0 saturated carbocycles. The highest BCUT2D eigenvalue weighted by molar-refractivity contribution is 7.80. The van der Waals surface area contributed by atoms with Crippen LogP contribution in [0.15, 0.2) is 0 Å². The van der Waals surface area contributed by atoms with Gasteiger partial charge < -0.3 is 9.47 Å². The molecule has 0 fully saturated rings. The first kappa shape index (κ1) is 18.9. The average molecular weight is 306 g/mol. The van der Waals surface area contributed by atoms with E-state index < -0.39 is 23.4 Å². The molecule has 0 radical (unpaired) electrons. The highest BCUT2D eigenvalue weighted by atomic mass is 32.1. The summed E-state index contributed by atoms with van der Waals surface area (Å²) >= 11 is 4.21. The molecule has 1 unspecified atom stereocenters. The third kappa shape index (κ3) is 9.77. The number of thiol groups is 1. The standard InChI is InChI=1S/C13H26N2O4S/c1-9(20)8-15(11(17)19-13(5,6)7)14-10(16)18-12(2,3)4/h9,20H,8H2,1-7H3,(H,14,16). The molecule has 0 aliphatic carbocycles. The first-order valence-corrected chi connectivity index (χ1v) is 7.00. The summed E-state index contributed by atoms with van der Waals surface area (Å²) in [5, 5.41) is 0.939. The minimum atomic E-state index is -0.711. The summed E-state index contributed by atoms with van der Waals surface area (Å²) in [6, 6.07) is 0. The smallest absolute Gasteiger partial charge is 0.429 e. The van der Waals surface area contributed by atoms with Gasteiger partial charge in [-0.3, -0.25) is 0 Å². The van der Waals surface area contributed by atoms with Crippen molar-refractivity contribution in [3.05, 3.63) is 0 Å². The molecule has 1 atom stereocenters. The number of hydrogen-bond acceptors (Lipinski definition) is 5. The second kappa shape index (κ2) is 7.06. The summed E-state index contributed by atoms with van der Waals surface area (Å²) in [5.74, 6) is 0. The van der Waals surface area contributed by atoms with E-state index in [1.165, 1.54) is 0 Å². The van der Waals surface area contributed by atoms with Gasteiger partial charge in [0.05, 0.1) is 6.54 Å². The quantitative estimate of drug-likeness (QED) is 0.608. The van der Waals surface area contributed by atoms with Crippen molar-refractivity contribution in [2.75, 3.05) is 6.54 Å². The number of ether oxygens (including phenoxy) is 2. The first-order valence-electron chi connectivity index (χ1n) is 6.48. The van der Waals surface area contributed by atoms with Gasteiger partial charge in [-0.15, -0.1) is 0 Å². The number of hydrogen-bond donors (Lipinski definition) is 2. The Hall–Kier alpha value is -1.11. The van der Waals surface area contributed by atoms with Gasteiger partial charge >= 0.3 is 12.2 Å². The lowest BCUT2D eigenvalue weighted by Gasteiger charge is -2.29. The fraction of sp³-hybridized carbons (Fsp3) is 0.846. The Labute approximate surface area is 126 Å². The molecule has 118 valence electrons. The Morgan fingerprint density at radius 1 is 1.10 bits per heavy atom. The van der Waals surface area contributed by atoms with Crippen LogP contribution in [0.25, 0.3) is 0 Å². The van der Waals surface area contributed by atoms with Crippen molar-refractivity contribution >= 4 is 24.8 Å². The Balaban J connectivity index is 4.73. The Bertz CT molecular complexity index is 345. The summed E-state index contributed by atoms with van der Waals surface area (Å²) < 4.78 is 10.3. The van der Waals surface area contributed by atoms with E-state index in [9.17, 15) is 9.59 Å². The minimum absolute atomic E-state index is 0.127. The van der Waals surface area contributed by atoms with Crippen LogP contribution in [-0.2, 0) is 9.47 Å². The molecule has 0 aromatic heterocycles. The number of nitrogens with zero attached hydrogens (tertiary/aromatic N) is 1. The molecule has 6 nitrogen and oxygen atoms in total. The lowest BCUT2D eigenvalue weighted by atomic mass is 10.2. The number of rotatable bonds is 2. The van der Waals surface area contributed by atoms with Crippen LogP contribution in [0, 0.1) is 0 Å². The third-order valence-corrected chi connectivity index (χ3v) is 1.85. The Kier molecular flexibility index (Phi) is 6.67. The van der Waals surface area contributed by atoms with Crippen LogP contribution in [0.5, 0.6) is 0 Å². The number of amides is 2. The van der Waals surface area contributed by atoms with E-state index in [0.29, 0.717) is 0 Å². The second-order valence-corrected chi connectivity index (χ2v) is 7.44. The van der Waals surface area contributed by atoms with E-state index in [0.717, 1.165) is 5.01 Å². The molecular formula is C13H26N2O4S. The first-order chi connectivity index (χ1) is 8.80. The Morgan fingerprint density at radius 3 is 1.90 bits per heavy atom. The van der Waals surface area contributed by atoms with Crippen molar-refractivity contribution in [1.29, 1.82) is 0 Å². The lowest BCUT2D eigenvalue weighted by Crippen LogP contribution is -2.51. The topological polar surface area (TPSA) is 67.9 Å². The van der Waals surface area contributed by atoms with Crippen LogP contribution in [0.2, 0.25) is 0 Å². The fourth-order valence-corrected chi connectivity index (χ4v) is 1.32. The predicted molar refractivity (Wildman–Crippen MR) is 80.8 cm³/mol. The van der Waals surface area contributed by atoms with E-state index in [1.54, 1.807) is 48.5 Å². The molecule has 0 aliphatic heterocycles. The monoisotopic (exact) mass is 306 g/mol. The molecule has 0 aromatic rings. The van der Waals surface area contributed by atoms with E-state index in [2.05, 4.69) is 18.1 Å². The van der Waals surface area contributed by atoms with Crippen LogP contribution in [-0.4, -0.2) is 40.2 Å². The minimum Gasteiger partial charge on any atom is -0.443 e. The van der Waals surface area contributed by atoms with Crippen LogP contribution in [0.3, 0.4) is 0 Å². The molecular weight excluding hydrogens is 280 g/mol. The zero-order valence-electron chi connectivity index (χ0n) is 13.3. The molecule has 2 amide bonds. The predicted octanol–water partition coefficient (Wildman–Crippen LogP) is 2.98. The third-order valence-electron chi connectivity index (χ3n) is 1.69. The second-order valence-electron chi connectivity index (χ2n) is 6.55. The summed E-state index contributed by atoms with van der Waals surface area (Å²) in [7, 11) is 0. The van der Waals surface area contributed by atoms with Crippen LogP contribution in [0.1, 0.15) is 48.5 Å². The summed E-state index contributed by atoms with van der Waals surface area (Å²) in [6.07, 6.45) is -1.36. The van der Waals surface area contributed by atoms with Crippen molar-refractivity contribution in [2.45, 2.75) is 64.9 Å². The fourth-order valence-electron chi connectivity index (χ4n) is 1.16. The van der Waals surface area contributed by atoms with Crippen molar-refractivity contribution in [1.82, 2.24) is 10.4 Å². The van der Waals surface area contributed by atoms with Gasteiger partial charge in [0.25, 0.3) is 0 Å². The summed E-state index contributed by atoms with van der Waals surface area (Å²) in [6.45, 7) is 12.5. The zero-order valence-corrected chi connectivity index (χ0v) is 14.2. The van der Waals surface area contributed by atoms with Crippen molar-refractivity contribution in [2.24, 2.45) is 0 Å². The summed E-state index contributed by atoms with van der Waals surface area (Å²) in [5.41, 5.74) is 1.09. The number of carbonyl (C=O) groups is 2. The van der Waals surface area contributed by atoms with Gasteiger partial charge in [0.15, 0.2) is 0 Å². The van der Waals surface area contributed by atoms with Crippen molar-refractivity contribution in [3.63, 3.8) is 0 Å². The molecule has 0 saturated heterocycles. The van der Waals surface area contributed by atoms with E-state index >= 15 is 0 Å². The molecule has 0 rings (SSSR count). The van der Waals surface area contributed by atoms with Gasteiger partial charge in [-0.2, -0.15) is 12.6 Å². The molecule has 0 heterocycles. The van der Waals surface area contributed by atoms with E-state index in [4.69, 9.17) is 9.47 Å². The molecule has 20 heavy (non-hydrogen) atoms. The highest BCUT2D eigenvalue weighted by Gasteiger charge is 2.26. The highest BCUT2D eigenvalue weighted by Crippen LogP contribution is 2.11. The average Bonchev–Trinajstić information content (AvgIpc) is 2.09. The Morgan fingerprint density at radius 2 is 1.55 bits per heavy atom. The van der Waals surface area contributed by atoms with Gasteiger partial charge in [0.2, 0.25) is 0 Å². The van der Waals surface area contributed by atoms with Gasteiger partial charge in [0, 0.05) is 5.25 Å². The number of carbonyl (C=O) groups excluding carboxylic acids is 2. The van der Waals surface area contributed by atoms with Crippen molar-refractivity contribution in [3.8, 4) is 0 Å². The van der Waals surface area contributed by atoms with Crippen LogP contribution >= 0.6 is 12.6 Å². The van der Waals surface area contributed by atoms with Gasteiger partial charge in [-0.1, -0.05) is 6.92 Å². The summed E-state index contributed by atoms with van der Waals surface area (Å²) in [4.78, 5) is 23.7. The normalized spacial score (nSPS) is 13.4. The van der Waals surface area contributed by atoms with Gasteiger partial charge in [0.1, 0.15) is 11.2 Å². The maximum Gasteiger partial charge on any atom is 0.429 e. The van der Waals surface area contributed by atoms with Crippen LogP contribution < -0.4 is 5.43 Å². The largest absolute Gasteiger partial charge is 0.443 e. The lowest BCUT2D eigenvalue weighted by molar-refractivity contribution is 0.00175. The maximum atomic E-state index is 12.0. The van der Waals surface area contributed by atoms with Crippen LogP contribution in [0.4, 0.5) is 9.59 Å². The van der Waals surface area contributed by atoms with Gasteiger partial charge in [-0.05, 0) is 41.5 Å².